The topological polar surface area (TPSA) is 32.5 Å². The molecule has 114 valence electrons. The zero-order valence-electron chi connectivity index (χ0n) is 13.1. The lowest BCUT2D eigenvalue weighted by atomic mass is 10.1. The molecule has 0 aliphatic carbocycles. The van der Waals surface area contributed by atoms with E-state index in [0.717, 1.165) is 25.2 Å². The minimum absolute atomic E-state index is 0.248. The molecule has 1 aromatic rings. The third-order valence-corrected chi connectivity index (χ3v) is 4.07. The van der Waals surface area contributed by atoms with E-state index in [2.05, 4.69) is 42.7 Å². The molecule has 1 heterocycles. The summed E-state index contributed by atoms with van der Waals surface area (Å²) in [5.41, 5.74) is 6.89. The zero-order valence-corrected chi connectivity index (χ0v) is 13.1. The van der Waals surface area contributed by atoms with E-state index in [4.69, 9.17) is 5.73 Å². The fraction of sp³-hybridized carbons (Fsp3) is 0.529. The fourth-order valence-electron chi connectivity index (χ4n) is 3.02. The lowest BCUT2D eigenvalue weighted by molar-refractivity contribution is 0.250. The summed E-state index contributed by atoms with van der Waals surface area (Å²) in [6.07, 6.45) is 0. The van der Waals surface area contributed by atoms with E-state index >= 15 is 0 Å². The lowest BCUT2D eigenvalue weighted by Crippen LogP contribution is -2.34. The molecule has 4 heteroatoms. The van der Waals surface area contributed by atoms with Crippen molar-refractivity contribution in [3.63, 3.8) is 0 Å². The fourth-order valence-corrected chi connectivity index (χ4v) is 3.02. The summed E-state index contributed by atoms with van der Waals surface area (Å²) in [6, 6.07) is 5.77. The van der Waals surface area contributed by atoms with Crippen LogP contribution in [-0.4, -0.2) is 49.6 Å². The number of nitrogens with two attached hydrogens (primary N) is 1. The molecule has 1 aliphatic rings. The maximum absolute atomic E-state index is 13.7. The summed E-state index contributed by atoms with van der Waals surface area (Å²) in [5, 5.41) is 0. The minimum Gasteiger partial charge on any atom is -0.320 e. The van der Waals surface area contributed by atoms with Crippen LogP contribution >= 0.6 is 0 Å². The molecule has 2 rings (SSSR count). The Kier molecular flexibility index (Phi) is 5.35. The van der Waals surface area contributed by atoms with Crippen LogP contribution in [0.1, 0.15) is 18.1 Å². The molecule has 0 bridgehead atoms. The van der Waals surface area contributed by atoms with Crippen molar-refractivity contribution in [3.05, 3.63) is 35.1 Å². The van der Waals surface area contributed by atoms with Crippen molar-refractivity contribution >= 4 is 0 Å². The average molecular weight is 289 g/mol. The second-order valence-electron chi connectivity index (χ2n) is 6.02. The second kappa shape index (κ2) is 7.04. The Labute approximate surface area is 126 Å². The SMILES string of the molecule is CC1CN(Cc2ccc(F)c(C#CCN)c2)CC1N(C)C. The van der Waals surface area contributed by atoms with E-state index in [9.17, 15) is 4.39 Å². The highest BCUT2D eigenvalue weighted by atomic mass is 19.1. The molecular formula is C17H24FN3. The number of hydrogen-bond donors (Lipinski definition) is 1. The van der Waals surface area contributed by atoms with Crippen molar-refractivity contribution in [2.45, 2.75) is 19.5 Å². The van der Waals surface area contributed by atoms with Crippen molar-refractivity contribution in [1.82, 2.24) is 9.80 Å². The van der Waals surface area contributed by atoms with Gasteiger partial charge in [-0.2, -0.15) is 0 Å². The van der Waals surface area contributed by atoms with Crippen LogP contribution in [0.25, 0.3) is 0 Å². The van der Waals surface area contributed by atoms with Gasteiger partial charge in [0.15, 0.2) is 0 Å². The third-order valence-electron chi connectivity index (χ3n) is 4.07. The predicted molar refractivity (Wildman–Crippen MR) is 84.2 cm³/mol. The number of likely N-dealkylation sites (tertiary alicyclic amines) is 1. The predicted octanol–water partition coefficient (Wildman–Crippen LogP) is 1.52. The van der Waals surface area contributed by atoms with Gasteiger partial charge in [-0.25, -0.2) is 4.39 Å². The van der Waals surface area contributed by atoms with Crippen molar-refractivity contribution in [2.24, 2.45) is 11.7 Å². The van der Waals surface area contributed by atoms with Gasteiger partial charge in [0.2, 0.25) is 0 Å². The van der Waals surface area contributed by atoms with Gasteiger partial charge in [-0.1, -0.05) is 24.8 Å². The first-order valence-electron chi connectivity index (χ1n) is 7.37. The highest BCUT2D eigenvalue weighted by Crippen LogP contribution is 2.22. The van der Waals surface area contributed by atoms with Crippen LogP contribution in [0.4, 0.5) is 4.39 Å². The smallest absolute Gasteiger partial charge is 0.138 e. The summed E-state index contributed by atoms with van der Waals surface area (Å²) in [4.78, 5) is 4.70. The molecule has 0 spiro atoms. The van der Waals surface area contributed by atoms with Crippen LogP contribution in [0.3, 0.4) is 0 Å². The number of benzene rings is 1. The van der Waals surface area contributed by atoms with Gasteiger partial charge in [-0.3, -0.25) is 4.90 Å². The molecule has 3 nitrogen and oxygen atoms in total. The maximum atomic E-state index is 13.7. The lowest BCUT2D eigenvalue weighted by Gasteiger charge is -2.22. The molecule has 1 saturated heterocycles. The van der Waals surface area contributed by atoms with Crippen LogP contribution in [0.5, 0.6) is 0 Å². The van der Waals surface area contributed by atoms with Crippen LogP contribution in [-0.2, 0) is 6.54 Å². The van der Waals surface area contributed by atoms with Crippen molar-refractivity contribution < 1.29 is 4.39 Å². The van der Waals surface area contributed by atoms with E-state index in [0.29, 0.717) is 17.5 Å². The summed E-state index contributed by atoms with van der Waals surface area (Å²) >= 11 is 0. The standard InChI is InChI=1S/C17H24FN3/c1-13-10-21(12-17(13)20(2)3)11-14-6-7-16(18)15(9-14)5-4-8-19/h6-7,9,13,17H,8,10-12,19H2,1-3H3. The largest absolute Gasteiger partial charge is 0.320 e. The quantitative estimate of drug-likeness (QED) is 0.856. The Morgan fingerprint density at radius 3 is 2.76 bits per heavy atom. The molecule has 0 saturated carbocycles. The molecule has 2 unspecified atom stereocenters. The highest BCUT2D eigenvalue weighted by molar-refractivity contribution is 5.38. The van der Waals surface area contributed by atoms with Gasteiger partial charge < -0.3 is 10.6 Å². The molecule has 21 heavy (non-hydrogen) atoms. The molecule has 2 N–H and O–H groups in total. The normalized spacial score (nSPS) is 22.4. The third kappa shape index (κ3) is 4.04. The van der Waals surface area contributed by atoms with Crippen LogP contribution in [0, 0.1) is 23.6 Å². The van der Waals surface area contributed by atoms with Crippen LogP contribution in [0.2, 0.25) is 0 Å². The Morgan fingerprint density at radius 1 is 1.38 bits per heavy atom. The van der Waals surface area contributed by atoms with Gasteiger partial charge in [0.05, 0.1) is 12.1 Å². The Hall–Kier alpha value is -1.41. The van der Waals surface area contributed by atoms with Crippen molar-refractivity contribution in [2.75, 3.05) is 33.7 Å². The summed E-state index contributed by atoms with van der Waals surface area (Å²) < 4.78 is 13.7. The first-order valence-corrected chi connectivity index (χ1v) is 7.37. The summed E-state index contributed by atoms with van der Waals surface area (Å²) in [6.45, 7) is 5.50. The zero-order chi connectivity index (χ0) is 15.4. The molecule has 1 aliphatic heterocycles. The van der Waals surface area contributed by atoms with E-state index in [1.54, 1.807) is 0 Å². The van der Waals surface area contributed by atoms with Gasteiger partial charge in [-0.15, -0.1) is 0 Å². The summed E-state index contributed by atoms with van der Waals surface area (Å²) in [7, 11) is 4.26. The minimum atomic E-state index is -0.277. The Balaban J connectivity index is 2.07. The number of halogens is 1. The number of rotatable bonds is 3. The first-order chi connectivity index (χ1) is 10.0. The second-order valence-corrected chi connectivity index (χ2v) is 6.02. The molecule has 0 amide bonds. The van der Waals surface area contributed by atoms with Crippen molar-refractivity contribution in [1.29, 1.82) is 0 Å². The van der Waals surface area contributed by atoms with Gasteiger partial charge >= 0.3 is 0 Å². The van der Waals surface area contributed by atoms with Crippen molar-refractivity contribution in [3.8, 4) is 11.8 Å². The average Bonchev–Trinajstić information content (AvgIpc) is 2.80. The van der Waals surface area contributed by atoms with Gasteiger partial charge in [0.1, 0.15) is 5.82 Å². The van der Waals surface area contributed by atoms with Crippen LogP contribution in [0.15, 0.2) is 18.2 Å². The number of likely N-dealkylation sites (N-methyl/N-ethyl adjacent to an activating group) is 1. The van der Waals surface area contributed by atoms with Crippen LogP contribution < -0.4 is 5.73 Å². The monoisotopic (exact) mass is 289 g/mol. The van der Waals surface area contributed by atoms with E-state index in [1.807, 2.05) is 12.1 Å². The molecule has 2 atom stereocenters. The molecule has 1 fully saturated rings. The molecule has 0 aromatic heterocycles. The first kappa shape index (κ1) is 16.0. The highest BCUT2D eigenvalue weighted by Gasteiger charge is 2.30. The van der Waals surface area contributed by atoms with Gasteiger partial charge in [0.25, 0.3) is 0 Å². The summed E-state index contributed by atoms with van der Waals surface area (Å²) in [5.74, 6) is 5.88. The molecular weight excluding hydrogens is 265 g/mol. The number of nitrogens with zero attached hydrogens (tertiary/aromatic N) is 2. The van der Waals surface area contributed by atoms with Gasteiger partial charge in [-0.05, 0) is 37.7 Å². The Bertz CT molecular complexity index is 545. The Morgan fingerprint density at radius 2 is 2.14 bits per heavy atom. The molecule has 1 aromatic carbocycles. The number of hydrogen-bond acceptors (Lipinski definition) is 3. The molecule has 0 radical (unpaired) electrons. The maximum Gasteiger partial charge on any atom is 0.138 e. The van der Waals surface area contributed by atoms with Gasteiger partial charge in [0, 0.05) is 25.7 Å². The van der Waals surface area contributed by atoms with E-state index in [1.165, 1.54) is 6.07 Å². The van der Waals surface area contributed by atoms with E-state index in [-0.39, 0.29) is 12.4 Å². The van der Waals surface area contributed by atoms with E-state index < -0.39 is 0 Å².